The van der Waals surface area contributed by atoms with Crippen molar-refractivity contribution in [3.63, 3.8) is 0 Å². The van der Waals surface area contributed by atoms with Crippen molar-refractivity contribution >= 4 is 40.8 Å². The van der Waals surface area contributed by atoms with Gasteiger partial charge in [0.15, 0.2) is 5.11 Å². The lowest BCUT2D eigenvalue weighted by Gasteiger charge is -2.23. The van der Waals surface area contributed by atoms with Crippen LogP contribution in [0.3, 0.4) is 0 Å². The quantitative estimate of drug-likeness (QED) is 0.503. The van der Waals surface area contributed by atoms with Crippen LogP contribution in [0.15, 0.2) is 54.6 Å². The van der Waals surface area contributed by atoms with Crippen molar-refractivity contribution < 1.29 is 19.1 Å². The van der Waals surface area contributed by atoms with Crippen LogP contribution in [0.1, 0.15) is 29.3 Å². The maximum Gasteiger partial charge on any atom is 0.337 e. The van der Waals surface area contributed by atoms with E-state index in [0.717, 1.165) is 12.0 Å². The third kappa shape index (κ3) is 5.27. The second-order valence-electron chi connectivity index (χ2n) is 7.13. The maximum atomic E-state index is 12.9. The fraction of sp³-hybridized carbons (Fsp3) is 0.304. The van der Waals surface area contributed by atoms with Crippen LogP contribution in [0.2, 0.25) is 0 Å². The Morgan fingerprint density at radius 3 is 2.39 bits per heavy atom. The molecule has 2 amide bonds. The van der Waals surface area contributed by atoms with Crippen LogP contribution in [0.4, 0.5) is 5.69 Å². The van der Waals surface area contributed by atoms with Gasteiger partial charge in [-0.15, -0.1) is 0 Å². The molecule has 1 aliphatic heterocycles. The van der Waals surface area contributed by atoms with Crippen molar-refractivity contribution in [3.05, 3.63) is 65.7 Å². The number of benzene rings is 2. The van der Waals surface area contributed by atoms with Crippen molar-refractivity contribution in [1.82, 2.24) is 9.80 Å². The van der Waals surface area contributed by atoms with Gasteiger partial charge in [-0.2, -0.15) is 0 Å². The van der Waals surface area contributed by atoms with E-state index in [9.17, 15) is 14.4 Å². The molecule has 3 rings (SSSR count). The highest BCUT2D eigenvalue weighted by atomic mass is 32.1. The van der Waals surface area contributed by atoms with Crippen molar-refractivity contribution in [2.45, 2.75) is 25.8 Å². The number of thiocarbonyl (C=S) groups is 1. The van der Waals surface area contributed by atoms with E-state index in [0.29, 0.717) is 29.5 Å². The lowest BCUT2D eigenvalue weighted by molar-refractivity contribution is -0.130. The van der Waals surface area contributed by atoms with Crippen molar-refractivity contribution in [3.8, 4) is 0 Å². The Kier molecular flexibility index (Phi) is 7.36. The van der Waals surface area contributed by atoms with Crippen LogP contribution in [-0.2, 0) is 20.7 Å². The number of carbonyl (C=O) groups is 3. The van der Waals surface area contributed by atoms with Gasteiger partial charge in [-0.1, -0.05) is 30.3 Å². The first-order valence-electron chi connectivity index (χ1n) is 10.1. The van der Waals surface area contributed by atoms with Crippen LogP contribution in [-0.4, -0.2) is 58.9 Å². The van der Waals surface area contributed by atoms with Crippen molar-refractivity contribution in [2.24, 2.45) is 0 Å². The molecule has 1 unspecified atom stereocenters. The molecule has 1 heterocycles. The molecule has 162 valence electrons. The van der Waals surface area contributed by atoms with Gasteiger partial charge in [-0.3, -0.25) is 14.5 Å². The van der Waals surface area contributed by atoms with Crippen LogP contribution < -0.4 is 5.32 Å². The SMILES string of the molecule is CCN1C(=O)C(CC(=O)Nc2ccc(C(=O)OC)cc2)N(CCc2ccccc2)C1=S. The summed E-state index contributed by atoms with van der Waals surface area (Å²) in [6.07, 6.45) is 0.710. The molecule has 2 aromatic carbocycles. The van der Waals surface area contributed by atoms with Gasteiger partial charge in [0, 0.05) is 18.8 Å². The Morgan fingerprint density at radius 1 is 1.10 bits per heavy atom. The number of hydrogen-bond donors (Lipinski definition) is 1. The van der Waals surface area contributed by atoms with Gasteiger partial charge >= 0.3 is 5.97 Å². The second kappa shape index (κ2) is 10.2. The number of nitrogens with zero attached hydrogens (tertiary/aromatic N) is 2. The Labute approximate surface area is 187 Å². The molecule has 0 radical (unpaired) electrons. The summed E-state index contributed by atoms with van der Waals surface area (Å²) in [6.45, 7) is 2.88. The van der Waals surface area contributed by atoms with E-state index in [4.69, 9.17) is 12.2 Å². The highest BCUT2D eigenvalue weighted by Gasteiger charge is 2.42. The van der Waals surface area contributed by atoms with Gasteiger partial charge in [0.1, 0.15) is 6.04 Å². The minimum absolute atomic E-state index is 0.0109. The van der Waals surface area contributed by atoms with Crippen LogP contribution in [0.5, 0.6) is 0 Å². The van der Waals surface area contributed by atoms with Crippen LogP contribution in [0.25, 0.3) is 0 Å². The standard InChI is InChI=1S/C23H25N3O4S/c1-3-25-21(28)19(26(23(25)31)14-13-16-7-5-4-6-8-16)15-20(27)24-18-11-9-17(10-12-18)22(29)30-2/h4-12,19H,3,13-15H2,1-2H3,(H,24,27). The third-order valence-electron chi connectivity index (χ3n) is 5.17. The highest BCUT2D eigenvalue weighted by molar-refractivity contribution is 7.80. The zero-order chi connectivity index (χ0) is 22.4. The first-order valence-corrected chi connectivity index (χ1v) is 10.5. The average molecular weight is 440 g/mol. The normalized spacial score (nSPS) is 15.9. The molecular formula is C23H25N3O4S. The van der Waals surface area contributed by atoms with Gasteiger partial charge in [-0.25, -0.2) is 4.79 Å². The fourth-order valence-electron chi connectivity index (χ4n) is 3.53. The summed E-state index contributed by atoms with van der Waals surface area (Å²) in [6, 6.07) is 15.7. The van der Waals surface area contributed by atoms with Crippen LogP contribution >= 0.6 is 12.2 Å². The number of nitrogens with one attached hydrogen (secondary N) is 1. The molecule has 1 aliphatic rings. The fourth-order valence-corrected chi connectivity index (χ4v) is 3.96. The Balaban J connectivity index is 1.67. The zero-order valence-electron chi connectivity index (χ0n) is 17.5. The number of methoxy groups -OCH3 is 1. The minimum Gasteiger partial charge on any atom is -0.465 e. The lowest BCUT2D eigenvalue weighted by Crippen LogP contribution is -2.39. The molecule has 1 atom stereocenters. The first-order chi connectivity index (χ1) is 14.9. The van der Waals surface area contributed by atoms with Crippen molar-refractivity contribution in [2.75, 3.05) is 25.5 Å². The molecule has 0 aromatic heterocycles. The lowest BCUT2D eigenvalue weighted by atomic mass is 10.1. The number of rotatable bonds is 8. The van der Waals surface area contributed by atoms with Gasteiger partial charge < -0.3 is 15.0 Å². The van der Waals surface area contributed by atoms with E-state index in [1.54, 1.807) is 29.2 Å². The van der Waals surface area contributed by atoms with E-state index in [2.05, 4.69) is 10.1 Å². The minimum atomic E-state index is -0.634. The van der Waals surface area contributed by atoms with E-state index in [1.807, 2.05) is 42.2 Å². The van der Waals surface area contributed by atoms with Crippen LogP contribution in [0, 0.1) is 0 Å². The Bertz CT molecular complexity index is 963. The number of amides is 2. The smallest absolute Gasteiger partial charge is 0.337 e. The molecule has 0 saturated carbocycles. The van der Waals surface area contributed by atoms with E-state index >= 15 is 0 Å². The predicted molar refractivity (Wildman–Crippen MR) is 122 cm³/mol. The average Bonchev–Trinajstić information content (AvgIpc) is 3.01. The predicted octanol–water partition coefficient (Wildman–Crippen LogP) is 2.86. The molecule has 31 heavy (non-hydrogen) atoms. The largest absolute Gasteiger partial charge is 0.465 e. The van der Waals surface area contributed by atoms with Gasteiger partial charge in [-0.05, 0) is 55.4 Å². The molecule has 2 aromatic rings. The number of carbonyl (C=O) groups excluding carboxylic acids is 3. The number of esters is 1. The molecule has 1 fully saturated rings. The van der Waals surface area contributed by atoms with Gasteiger partial charge in [0.2, 0.25) is 5.91 Å². The molecule has 8 heteroatoms. The summed E-state index contributed by atoms with van der Waals surface area (Å²) in [4.78, 5) is 40.5. The monoisotopic (exact) mass is 439 g/mol. The number of ether oxygens (including phenoxy) is 1. The third-order valence-corrected chi connectivity index (χ3v) is 5.63. The zero-order valence-corrected chi connectivity index (χ0v) is 18.4. The van der Waals surface area contributed by atoms with E-state index in [1.165, 1.54) is 7.11 Å². The summed E-state index contributed by atoms with van der Waals surface area (Å²) in [5.41, 5.74) is 2.07. The Morgan fingerprint density at radius 2 is 1.77 bits per heavy atom. The molecule has 1 saturated heterocycles. The van der Waals surface area contributed by atoms with Crippen molar-refractivity contribution in [1.29, 1.82) is 0 Å². The Hall–Kier alpha value is -3.26. The highest BCUT2D eigenvalue weighted by Crippen LogP contribution is 2.22. The first kappa shape index (κ1) is 22.4. The van der Waals surface area contributed by atoms with Gasteiger partial charge in [0.05, 0.1) is 19.1 Å². The molecule has 0 aliphatic carbocycles. The number of likely N-dealkylation sites (N-methyl/N-ethyl adjacent to an activating group) is 1. The second-order valence-corrected chi connectivity index (χ2v) is 7.50. The van der Waals surface area contributed by atoms with Gasteiger partial charge in [0.25, 0.3) is 5.91 Å². The topological polar surface area (TPSA) is 79.0 Å². The molecule has 7 nitrogen and oxygen atoms in total. The maximum absolute atomic E-state index is 12.9. The molecule has 1 N–H and O–H groups in total. The van der Waals surface area contributed by atoms with E-state index < -0.39 is 12.0 Å². The summed E-state index contributed by atoms with van der Waals surface area (Å²) in [5, 5.41) is 3.25. The summed E-state index contributed by atoms with van der Waals surface area (Å²) in [7, 11) is 1.31. The summed E-state index contributed by atoms with van der Waals surface area (Å²) < 4.78 is 4.67. The van der Waals surface area contributed by atoms with E-state index in [-0.39, 0.29) is 18.2 Å². The summed E-state index contributed by atoms with van der Waals surface area (Å²) in [5.74, 6) is -0.900. The molecule has 0 spiro atoms. The molecule has 0 bridgehead atoms. The summed E-state index contributed by atoms with van der Waals surface area (Å²) >= 11 is 5.52. The number of hydrogen-bond acceptors (Lipinski definition) is 5. The molecular weight excluding hydrogens is 414 g/mol. The number of anilines is 1.